The number of esters is 1. The number of halogens is 2. The number of hydrogen-bond acceptors (Lipinski definition) is 5. The van der Waals surface area contributed by atoms with Gasteiger partial charge in [0.1, 0.15) is 6.07 Å². The summed E-state index contributed by atoms with van der Waals surface area (Å²) in [6.45, 7) is 0. The van der Waals surface area contributed by atoms with Gasteiger partial charge in [0.15, 0.2) is 5.69 Å². The van der Waals surface area contributed by atoms with Crippen molar-refractivity contribution >= 4 is 40.8 Å². The Morgan fingerprint density at radius 1 is 1.39 bits per heavy atom. The number of nitrogens with zero attached hydrogens (tertiary/aromatic N) is 2. The van der Waals surface area contributed by atoms with Gasteiger partial charge in [-0.1, -0.05) is 23.2 Å². The molecule has 1 heterocycles. The third kappa shape index (κ3) is 2.70. The van der Waals surface area contributed by atoms with E-state index in [4.69, 9.17) is 34.2 Å². The van der Waals surface area contributed by atoms with Crippen LogP contribution in [0.4, 0.5) is 5.69 Å². The van der Waals surface area contributed by atoms with Crippen LogP contribution in [0, 0.1) is 11.3 Å². The predicted molar refractivity (Wildman–Crippen MR) is 83.2 cm³/mol. The van der Waals surface area contributed by atoms with Crippen molar-refractivity contribution in [2.75, 3.05) is 12.8 Å². The van der Waals surface area contributed by atoms with E-state index >= 15 is 0 Å². The van der Waals surface area contributed by atoms with Gasteiger partial charge < -0.3 is 20.1 Å². The molecule has 0 saturated heterocycles. The molecule has 1 aromatic carbocycles. The molecular formula is C14H9Cl2N3O4. The zero-order valence-electron chi connectivity index (χ0n) is 11.6. The predicted octanol–water partition coefficient (Wildman–Crippen LogP) is 2.72. The lowest BCUT2D eigenvalue weighted by atomic mass is 10.2. The second kappa shape index (κ2) is 6.20. The molecule has 0 aliphatic heterocycles. The average molecular weight is 354 g/mol. The van der Waals surface area contributed by atoms with E-state index in [0.29, 0.717) is 0 Å². The minimum atomic E-state index is -1.33. The number of rotatable bonds is 3. The number of nitrogen functional groups attached to an aromatic ring is 1. The number of aromatic carboxylic acids is 1. The second-order valence-electron chi connectivity index (χ2n) is 4.34. The number of ether oxygens (including phenoxy) is 1. The van der Waals surface area contributed by atoms with Crippen LogP contribution < -0.4 is 5.73 Å². The van der Waals surface area contributed by atoms with E-state index < -0.39 is 11.9 Å². The fourth-order valence-corrected chi connectivity index (χ4v) is 2.65. The Balaban J connectivity index is 2.83. The number of nitrogens with two attached hydrogens (primary N) is 1. The van der Waals surface area contributed by atoms with Gasteiger partial charge in [-0.3, -0.25) is 0 Å². The molecule has 2 rings (SSSR count). The second-order valence-corrected chi connectivity index (χ2v) is 5.12. The first-order valence-corrected chi connectivity index (χ1v) is 6.80. The Bertz CT molecular complexity index is 868. The first-order valence-electron chi connectivity index (χ1n) is 6.04. The number of hydrogen-bond donors (Lipinski definition) is 2. The number of carbonyl (C=O) groups excluding carboxylic acids is 1. The summed E-state index contributed by atoms with van der Waals surface area (Å²) >= 11 is 11.9. The summed E-state index contributed by atoms with van der Waals surface area (Å²) in [4.78, 5) is 23.2. The van der Waals surface area contributed by atoms with Crippen molar-refractivity contribution in [3.63, 3.8) is 0 Å². The third-order valence-electron chi connectivity index (χ3n) is 3.09. The minimum Gasteiger partial charge on any atom is -0.478 e. The molecule has 0 bridgehead atoms. The topological polar surface area (TPSA) is 118 Å². The number of carboxylic acids is 1. The van der Waals surface area contributed by atoms with Crippen molar-refractivity contribution in [2.24, 2.45) is 0 Å². The highest BCUT2D eigenvalue weighted by Gasteiger charge is 2.25. The summed E-state index contributed by atoms with van der Waals surface area (Å²) in [5.74, 6) is -2.13. The molecule has 3 N–H and O–H groups in total. The van der Waals surface area contributed by atoms with Gasteiger partial charge in [0, 0.05) is 6.20 Å². The Kier molecular flexibility index (Phi) is 4.50. The Hall–Kier alpha value is -2.69. The molecule has 7 nitrogen and oxygen atoms in total. The van der Waals surface area contributed by atoms with Crippen LogP contribution in [0.15, 0.2) is 18.3 Å². The molecule has 0 amide bonds. The molecule has 9 heteroatoms. The lowest BCUT2D eigenvalue weighted by Crippen LogP contribution is -2.12. The van der Waals surface area contributed by atoms with Crippen LogP contribution in [0.1, 0.15) is 26.4 Å². The number of nitriles is 1. The zero-order chi connectivity index (χ0) is 17.3. The van der Waals surface area contributed by atoms with E-state index in [0.717, 1.165) is 7.11 Å². The van der Waals surface area contributed by atoms with E-state index in [1.807, 2.05) is 6.07 Å². The van der Waals surface area contributed by atoms with Gasteiger partial charge in [-0.25, -0.2) is 9.59 Å². The number of benzene rings is 1. The minimum absolute atomic E-state index is 0.0216. The lowest BCUT2D eigenvalue weighted by Gasteiger charge is -2.12. The van der Waals surface area contributed by atoms with Crippen molar-refractivity contribution in [3.8, 4) is 11.8 Å². The van der Waals surface area contributed by atoms with Crippen molar-refractivity contribution < 1.29 is 19.4 Å². The Morgan fingerprint density at radius 2 is 2.04 bits per heavy atom. The first kappa shape index (κ1) is 16.7. The van der Waals surface area contributed by atoms with Gasteiger partial charge in [0.2, 0.25) is 0 Å². The SMILES string of the molecule is COC(=O)c1c(N)c(C#N)cn1-c1ccc(Cl)c(C(=O)O)c1Cl. The molecule has 0 atom stereocenters. The molecule has 2 aromatic rings. The van der Waals surface area contributed by atoms with E-state index in [-0.39, 0.29) is 38.2 Å². The summed E-state index contributed by atoms with van der Waals surface area (Å²) in [7, 11) is 1.15. The summed E-state index contributed by atoms with van der Waals surface area (Å²) in [5, 5.41) is 18.0. The Labute approximate surface area is 140 Å². The van der Waals surface area contributed by atoms with Gasteiger partial charge >= 0.3 is 11.9 Å². The van der Waals surface area contributed by atoms with Gasteiger partial charge in [-0.05, 0) is 12.1 Å². The quantitative estimate of drug-likeness (QED) is 0.818. The molecule has 0 saturated carbocycles. The van der Waals surface area contributed by atoms with Crippen molar-refractivity contribution in [3.05, 3.63) is 45.2 Å². The van der Waals surface area contributed by atoms with Gasteiger partial charge in [-0.15, -0.1) is 0 Å². The molecule has 1 aromatic heterocycles. The van der Waals surface area contributed by atoms with Crippen LogP contribution in [-0.4, -0.2) is 28.7 Å². The molecule has 0 fully saturated rings. The maximum Gasteiger partial charge on any atom is 0.357 e. The molecular weight excluding hydrogens is 345 g/mol. The third-order valence-corrected chi connectivity index (χ3v) is 3.79. The molecule has 0 spiro atoms. The lowest BCUT2D eigenvalue weighted by molar-refractivity contribution is 0.0592. The van der Waals surface area contributed by atoms with E-state index in [2.05, 4.69) is 4.74 Å². The van der Waals surface area contributed by atoms with Gasteiger partial charge in [-0.2, -0.15) is 5.26 Å². The standard InChI is InChI=1S/C14H9Cl2N3O4/c1-23-14(22)12-11(18)6(4-17)5-19(12)8-3-2-7(15)9(10(8)16)13(20)21/h2-3,5H,18H2,1H3,(H,20,21). The number of anilines is 1. The van der Waals surface area contributed by atoms with Crippen LogP contribution in [0.5, 0.6) is 0 Å². The largest absolute Gasteiger partial charge is 0.478 e. The zero-order valence-corrected chi connectivity index (χ0v) is 13.1. The highest BCUT2D eigenvalue weighted by atomic mass is 35.5. The average Bonchev–Trinajstić information content (AvgIpc) is 2.82. The van der Waals surface area contributed by atoms with Crippen LogP contribution in [0.2, 0.25) is 10.0 Å². The Morgan fingerprint density at radius 3 is 2.57 bits per heavy atom. The summed E-state index contributed by atoms with van der Waals surface area (Å²) in [6.07, 6.45) is 1.27. The van der Waals surface area contributed by atoms with Gasteiger partial charge in [0.05, 0.1) is 39.7 Å². The van der Waals surface area contributed by atoms with Crippen molar-refractivity contribution in [1.82, 2.24) is 4.57 Å². The molecule has 0 unspecified atom stereocenters. The maximum atomic E-state index is 11.9. The first-order chi connectivity index (χ1) is 10.8. The summed E-state index contributed by atoms with van der Waals surface area (Å²) in [5.41, 5.74) is 5.37. The van der Waals surface area contributed by atoms with Crippen LogP contribution in [0.3, 0.4) is 0 Å². The maximum absolute atomic E-state index is 11.9. The van der Waals surface area contributed by atoms with Crippen LogP contribution in [-0.2, 0) is 4.74 Å². The number of methoxy groups -OCH3 is 1. The van der Waals surface area contributed by atoms with E-state index in [9.17, 15) is 14.7 Å². The highest BCUT2D eigenvalue weighted by molar-refractivity contribution is 6.40. The van der Waals surface area contributed by atoms with E-state index in [1.54, 1.807) is 0 Å². The fraction of sp³-hybridized carbons (Fsp3) is 0.0714. The molecule has 118 valence electrons. The molecule has 23 heavy (non-hydrogen) atoms. The molecule has 0 radical (unpaired) electrons. The normalized spacial score (nSPS) is 10.2. The smallest absolute Gasteiger partial charge is 0.357 e. The van der Waals surface area contributed by atoms with Gasteiger partial charge in [0.25, 0.3) is 0 Å². The fourth-order valence-electron chi connectivity index (χ4n) is 2.03. The van der Waals surface area contributed by atoms with E-state index in [1.165, 1.54) is 22.9 Å². The number of carbonyl (C=O) groups is 2. The summed E-state index contributed by atoms with van der Waals surface area (Å²) in [6, 6.07) is 4.56. The highest BCUT2D eigenvalue weighted by Crippen LogP contribution is 2.34. The van der Waals surface area contributed by atoms with Crippen LogP contribution in [0.25, 0.3) is 5.69 Å². The monoisotopic (exact) mass is 353 g/mol. The molecule has 0 aliphatic rings. The molecule has 0 aliphatic carbocycles. The van der Waals surface area contributed by atoms with Crippen molar-refractivity contribution in [2.45, 2.75) is 0 Å². The van der Waals surface area contributed by atoms with Crippen LogP contribution >= 0.6 is 23.2 Å². The number of carboxylic acid groups (broad SMARTS) is 1. The van der Waals surface area contributed by atoms with Crippen molar-refractivity contribution in [1.29, 1.82) is 5.26 Å². The summed E-state index contributed by atoms with van der Waals surface area (Å²) < 4.78 is 5.84. The number of aromatic nitrogens is 1.